The van der Waals surface area contributed by atoms with Crippen LogP contribution >= 0.6 is 11.3 Å². The Hall–Kier alpha value is -1.20. The fraction of sp³-hybridized carbons (Fsp3) is 0.500. The molecule has 0 aromatic carbocycles. The van der Waals surface area contributed by atoms with Crippen molar-refractivity contribution in [2.24, 2.45) is 11.7 Å². The molecule has 2 N–H and O–H groups in total. The maximum absolute atomic E-state index is 5.55. The van der Waals surface area contributed by atoms with Crippen LogP contribution in [0.15, 0.2) is 17.8 Å². The van der Waals surface area contributed by atoms with Crippen LogP contribution in [0.2, 0.25) is 0 Å². The third-order valence-electron chi connectivity index (χ3n) is 2.58. The summed E-state index contributed by atoms with van der Waals surface area (Å²) in [5.74, 6) is 0.700. The van der Waals surface area contributed by atoms with Crippen molar-refractivity contribution >= 4 is 11.3 Å². The smallest absolute Gasteiger partial charge is 0.126 e. The van der Waals surface area contributed by atoms with Gasteiger partial charge in [0.25, 0.3) is 0 Å². The van der Waals surface area contributed by atoms with Gasteiger partial charge < -0.3 is 5.73 Å². The number of thiazole rings is 1. The molecule has 5 heteroatoms. The highest BCUT2D eigenvalue weighted by Gasteiger charge is 2.06. The van der Waals surface area contributed by atoms with E-state index in [1.165, 1.54) is 0 Å². The SMILES string of the molecule is CC(C)CCn1cc(-c2nc(CN)cs2)cn1. The number of rotatable bonds is 5. The van der Waals surface area contributed by atoms with Gasteiger partial charge in [-0.05, 0) is 12.3 Å². The van der Waals surface area contributed by atoms with Gasteiger partial charge in [-0.25, -0.2) is 4.98 Å². The molecule has 0 spiro atoms. The molecule has 2 rings (SSSR count). The Morgan fingerprint density at radius 3 is 2.94 bits per heavy atom. The first-order chi connectivity index (χ1) is 8.19. The van der Waals surface area contributed by atoms with Gasteiger partial charge in [0.1, 0.15) is 5.01 Å². The third-order valence-corrected chi connectivity index (χ3v) is 3.52. The molecular formula is C12H18N4S. The van der Waals surface area contributed by atoms with E-state index in [9.17, 15) is 0 Å². The van der Waals surface area contributed by atoms with Gasteiger partial charge in [0.15, 0.2) is 0 Å². The first-order valence-corrected chi connectivity index (χ1v) is 6.74. The summed E-state index contributed by atoms with van der Waals surface area (Å²) in [7, 11) is 0. The van der Waals surface area contributed by atoms with Crippen molar-refractivity contribution in [1.29, 1.82) is 0 Å². The van der Waals surface area contributed by atoms with E-state index in [1.54, 1.807) is 11.3 Å². The summed E-state index contributed by atoms with van der Waals surface area (Å²) in [5.41, 5.74) is 7.58. The normalized spacial score (nSPS) is 11.3. The average molecular weight is 250 g/mol. The Labute approximate surface area is 105 Å². The number of aryl methyl sites for hydroxylation is 1. The second kappa shape index (κ2) is 5.42. The predicted molar refractivity (Wildman–Crippen MR) is 70.7 cm³/mol. The van der Waals surface area contributed by atoms with Crippen molar-refractivity contribution < 1.29 is 0 Å². The minimum Gasteiger partial charge on any atom is -0.325 e. The molecule has 0 atom stereocenters. The highest BCUT2D eigenvalue weighted by molar-refractivity contribution is 7.13. The fourth-order valence-corrected chi connectivity index (χ4v) is 2.33. The molecular weight excluding hydrogens is 232 g/mol. The lowest BCUT2D eigenvalue weighted by atomic mass is 10.1. The molecule has 0 saturated carbocycles. The highest BCUT2D eigenvalue weighted by Crippen LogP contribution is 2.23. The second-order valence-corrected chi connectivity index (χ2v) is 5.38. The number of aromatic nitrogens is 3. The molecule has 0 aliphatic heterocycles. The Balaban J connectivity index is 2.07. The lowest BCUT2D eigenvalue weighted by Gasteiger charge is -2.03. The molecule has 0 radical (unpaired) electrons. The molecule has 92 valence electrons. The van der Waals surface area contributed by atoms with Gasteiger partial charge in [-0.15, -0.1) is 11.3 Å². The predicted octanol–water partition coefficient (Wildman–Crippen LogP) is 2.51. The van der Waals surface area contributed by atoms with E-state index >= 15 is 0 Å². The molecule has 0 fully saturated rings. The topological polar surface area (TPSA) is 56.7 Å². The number of hydrogen-bond donors (Lipinski definition) is 1. The van der Waals surface area contributed by atoms with Crippen molar-refractivity contribution in [2.75, 3.05) is 0 Å². The second-order valence-electron chi connectivity index (χ2n) is 4.52. The molecule has 0 bridgehead atoms. The van der Waals surface area contributed by atoms with Gasteiger partial charge in [-0.3, -0.25) is 4.68 Å². The van der Waals surface area contributed by atoms with Crippen molar-refractivity contribution in [1.82, 2.24) is 14.8 Å². The Morgan fingerprint density at radius 1 is 1.47 bits per heavy atom. The molecule has 4 nitrogen and oxygen atoms in total. The molecule has 0 amide bonds. The van der Waals surface area contributed by atoms with Crippen LogP contribution in [0.5, 0.6) is 0 Å². The Kier molecular flexibility index (Phi) is 3.91. The summed E-state index contributed by atoms with van der Waals surface area (Å²) in [6.07, 6.45) is 5.08. The largest absolute Gasteiger partial charge is 0.325 e. The van der Waals surface area contributed by atoms with Crippen LogP contribution in [0, 0.1) is 5.92 Å². The fourth-order valence-electron chi connectivity index (χ4n) is 1.52. The molecule has 2 aromatic rings. The first kappa shape index (κ1) is 12.3. The van der Waals surface area contributed by atoms with E-state index < -0.39 is 0 Å². The first-order valence-electron chi connectivity index (χ1n) is 5.86. The van der Waals surface area contributed by atoms with Gasteiger partial charge in [0.05, 0.1) is 11.9 Å². The number of hydrogen-bond acceptors (Lipinski definition) is 4. The van der Waals surface area contributed by atoms with Crippen LogP contribution in [-0.4, -0.2) is 14.8 Å². The standard InChI is InChI=1S/C12H18N4S/c1-9(2)3-4-16-7-10(6-14-16)12-15-11(5-13)8-17-12/h6-9H,3-5,13H2,1-2H3. The van der Waals surface area contributed by atoms with Crippen molar-refractivity contribution in [2.45, 2.75) is 33.4 Å². The lowest BCUT2D eigenvalue weighted by Crippen LogP contribution is -2.01. The summed E-state index contributed by atoms with van der Waals surface area (Å²) in [4.78, 5) is 4.45. The van der Waals surface area contributed by atoms with Crippen molar-refractivity contribution in [3.05, 3.63) is 23.5 Å². The van der Waals surface area contributed by atoms with Crippen molar-refractivity contribution in [3.8, 4) is 10.6 Å². The van der Waals surface area contributed by atoms with E-state index in [1.807, 2.05) is 16.3 Å². The minimum absolute atomic E-state index is 0.498. The van der Waals surface area contributed by atoms with E-state index in [2.05, 4.69) is 30.1 Å². The zero-order valence-electron chi connectivity index (χ0n) is 10.3. The van der Waals surface area contributed by atoms with Crippen LogP contribution in [0.4, 0.5) is 0 Å². The van der Waals surface area contributed by atoms with Crippen LogP contribution in [0.1, 0.15) is 26.0 Å². The summed E-state index contributed by atoms with van der Waals surface area (Å²) in [5, 5.41) is 7.35. The van der Waals surface area contributed by atoms with Crippen LogP contribution in [-0.2, 0) is 13.1 Å². The zero-order valence-corrected chi connectivity index (χ0v) is 11.1. The minimum atomic E-state index is 0.498. The van der Waals surface area contributed by atoms with Gasteiger partial charge in [0.2, 0.25) is 0 Å². The Bertz CT molecular complexity index is 472. The van der Waals surface area contributed by atoms with E-state index in [0.717, 1.165) is 29.2 Å². The molecule has 2 heterocycles. The summed E-state index contributed by atoms with van der Waals surface area (Å²) < 4.78 is 1.98. The van der Waals surface area contributed by atoms with Crippen molar-refractivity contribution in [3.63, 3.8) is 0 Å². The van der Waals surface area contributed by atoms with E-state index in [4.69, 9.17) is 5.73 Å². The molecule has 0 aliphatic rings. The molecule has 17 heavy (non-hydrogen) atoms. The van der Waals surface area contributed by atoms with E-state index in [0.29, 0.717) is 12.5 Å². The molecule has 0 saturated heterocycles. The van der Waals surface area contributed by atoms with Gasteiger partial charge in [-0.1, -0.05) is 13.8 Å². The van der Waals surface area contributed by atoms with Gasteiger partial charge in [0, 0.05) is 30.2 Å². The number of nitrogens with zero attached hydrogens (tertiary/aromatic N) is 3. The molecule has 0 unspecified atom stereocenters. The number of nitrogens with two attached hydrogens (primary N) is 1. The van der Waals surface area contributed by atoms with Crippen LogP contribution in [0.25, 0.3) is 10.6 Å². The zero-order chi connectivity index (χ0) is 12.3. The van der Waals surface area contributed by atoms with E-state index in [-0.39, 0.29) is 0 Å². The van der Waals surface area contributed by atoms with Gasteiger partial charge >= 0.3 is 0 Å². The maximum atomic E-state index is 5.55. The average Bonchev–Trinajstić information content (AvgIpc) is 2.94. The highest BCUT2D eigenvalue weighted by atomic mass is 32.1. The molecule has 2 aromatic heterocycles. The lowest BCUT2D eigenvalue weighted by molar-refractivity contribution is 0.487. The summed E-state index contributed by atoms with van der Waals surface area (Å²) in [6.45, 7) is 5.91. The maximum Gasteiger partial charge on any atom is 0.126 e. The van der Waals surface area contributed by atoms with Crippen LogP contribution < -0.4 is 5.73 Å². The molecule has 0 aliphatic carbocycles. The summed E-state index contributed by atoms with van der Waals surface area (Å²) in [6, 6.07) is 0. The summed E-state index contributed by atoms with van der Waals surface area (Å²) >= 11 is 1.62. The quantitative estimate of drug-likeness (QED) is 0.887. The van der Waals surface area contributed by atoms with Crippen LogP contribution in [0.3, 0.4) is 0 Å². The van der Waals surface area contributed by atoms with Gasteiger partial charge in [-0.2, -0.15) is 5.10 Å². The third kappa shape index (κ3) is 3.14. The monoisotopic (exact) mass is 250 g/mol. The Morgan fingerprint density at radius 2 is 2.29 bits per heavy atom.